The minimum absolute atomic E-state index is 0.763. The van der Waals surface area contributed by atoms with Crippen LogP contribution in [0.3, 0.4) is 0 Å². The maximum atomic E-state index is 6.07. The first-order valence-corrected chi connectivity index (χ1v) is 8.51. The lowest BCUT2D eigenvalue weighted by Crippen LogP contribution is -1.98. The van der Waals surface area contributed by atoms with Crippen molar-refractivity contribution in [1.82, 2.24) is 9.97 Å². The van der Waals surface area contributed by atoms with Gasteiger partial charge in [-0.1, -0.05) is 24.3 Å². The molecule has 0 atom stereocenters. The van der Waals surface area contributed by atoms with Crippen molar-refractivity contribution in [2.24, 2.45) is 0 Å². The quantitative estimate of drug-likeness (QED) is 0.511. The number of hydrogen-bond donors (Lipinski definition) is 1. The molecule has 0 saturated carbocycles. The zero-order valence-corrected chi connectivity index (χ0v) is 14.7. The van der Waals surface area contributed by atoms with E-state index in [1.54, 1.807) is 6.20 Å². The molecule has 0 fully saturated rings. The predicted molar refractivity (Wildman–Crippen MR) is 105 cm³/mol. The van der Waals surface area contributed by atoms with Crippen LogP contribution < -0.4 is 10.1 Å². The molecule has 0 aliphatic carbocycles. The van der Waals surface area contributed by atoms with Crippen LogP contribution in [-0.2, 0) is 0 Å². The summed E-state index contributed by atoms with van der Waals surface area (Å²) < 4.78 is 6.07. The molecule has 4 aromatic rings. The van der Waals surface area contributed by atoms with E-state index >= 15 is 0 Å². The number of pyridine rings is 2. The Balaban J connectivity index is 1.73. The molecular weight excluding hydrogens is 322 g/mol. The molecule has 0 bridgehead atoms. The predicted octanol–water partition coefficient (Wildman–Crippen LogP) is 5.78. The number of benzene rings is 2. The molecular formula is C22H19N3O. The van der Waals surface area contributed by atoms with E-state index in [0.29, 0.717) is 0 Å². The highest BCUT2D eigenvalue weighted by molar-refractivity contribution is 5.90. The Morgan fingerprint density at radius 1 is 0.808 bits per heavy atom. The lowest BCUT2D eigenvalue weighted by molar-refractivity contribution is 0.485. The largest absolute Gasteiger partial charge is 0.455 e. The average molecular weight is 341 g/mol. The summed E-state index contributed by atoms with van der Waals surface area (Å²) in [5, 5.41) is 3.47. The minimum atomic E-state index is 0.763. The summed E-state index contributed by atoms with van der Waals surface area (Å²) in [6, 6.07) is 19.8. The van der Waals surface area contributed by atoms with Crippen LogP contribution in [0.15, 0.2) is 73.1 Å². The van der Waals surface area contributed by atoms with Crippen molar-refractivity contribution in [1.29, 1.82) is 0 Å². The summed E-state index contributed by atoms with van der Waals surface area (Å²) in [6.45, 7) is 4.07. The van der Waals surface area contributed by atoms with Crippen LogP contribution in [-0.4, -0.2) is 9.97 Å². The number of anilines is 2. The maximum Gasteiger partial charge on any atom is 0.150 e. The highest BCUT2D eigenvalue weighted by Crippen LogP contribution is 2.34. The van der Waals surface area contributed by atoms with Crippen molar-refractivity contribution in [3.8, 4) is 11.5 Å². The molecule has 0 aliphatic rings. The Hall–Kier alpha value is -3.40. The van der Waals surface area contributed by atoms with E-state index in [1.807, 2.05) is 67.7 Å². The number of nitrogens with one attached hydrogen (secondary N) is 1. The monoisotopic (exact) mass is 341 g/mol. The second-order valence-corrected chi connectivity index (χ2v) is 6.28. The zero-order valence-electron chi connectivity index (χ0n) is 14.7. The van der Waals surface area contributed by atoms with Crippen LogP contribution in [0.4, 0.5) is 11.4 Å². The molecule has 0 unspecified atom stereocenters. The molecule has 128 valence electrons. The fourth-order valence-corrected chi connectivity index (χ4v) is 2.82. The molecule has 0 spiro atoms. The molecule has 0 aliphatic heterocycles. The van der Waals surface area contributed by atoms with E-state index < -0.39 is 0 Å². The third-order valence-electron chi connectivity index (χ3n) is 4.09. The fraction of sp³-hybridized carbons (Fsp3) is 0.0909. The number of rotatable bonds is 4. The number of nitrogens with zero attached hydrogens (tertiary/aromatic N) is 2. The van der Waals surface area contributed by atoms with E-state index in [-0.39, 0.29) is 0 Å². The molecule has 26 heavy (non-hydrogen) atoms. The highest BCUT2D eigenvalue weighted by atomic mass is 16.5. The van der Waals surface area contributed by atoms with Gasteiger partial charge in [0, 0.05) is 12.4 Å². The topological polar surface area (TPSA) is 47.0 Å². The summed E-state index contributed by atoms with van der Waals surface area (Å²) >= 11 is 0. The number of fused-ring (bicyclic) bond motifs is 1. The standard InChI is InChI=1S/C22H19N3O/c1-15-8-9-21(26-17-6-4-3-5-7-17)19(12-15)25-18-10-11-23-20-13-16(2)14-24-22(18)20/h3-14H,1-2H3,(H,23,25). The van der Waals surface area contributed by atoms with E-state index in [4.69, 9.17) is 4.74 Å². The summed E-state index contributed by atoms with van der Waals surface area (Å²) in [5.41, 5.74) is 5.74. The second kappa shape index (κ2) is 6.84. The Morgan fingerprint density at radius 3 is 2.50 bits per heavy atom. The van der Waals surface area contributed by atoms with Crippen molar-refractivity contribution < 1.29 is 4.74 Å². The van der Waals surface area contributed by atoms with Gasteiger partial charge in [0.15, 0.2) is 5.75 Å². The van der Waals surface area contributed by atoms with Gasteiger partial charge in [-0.15, -0.1) is 0 Å². The van der Waals surface area contributed by atoms with E-state index in [2.05, 4.69) is 28.3 Å². The summed E-state index contributed by atoms with van der Waals surface area (Å²) in [4.78, 5) is 8.97. The van der Waals surface area contributed by atoms with Gasteiger partial charge in [-0.25, -0.2) is 0 Å². The van der Waals surface area contributed by atoms with Gasteiger partial charge >= 0.3 is 0 Å². The molecule has 2 aromatic carbocycles. The SMILES string of the molecule is Cc1ccc(Oc2ccccc2)c(Nc2ccnc3cc(C)cnc23)c1. The number of hydrogen-bond acceptors (Lipinski definition) is 4. The van der Waals surface area contributed by atoms with Crippen LogP contribution in [0, 0.1) is 13.8 Å². The number of ether oxygens (including phenoxy) is 1. The van der Waals surface area contributed by atoms with Gasteiger partial charge in [-0.3, -0.25) is 9.97 Å². The third-order valence-corrected chi connectivity index (χ3v) is 4.09. The van der Waals surface area contributed by atoms with Gasteiger partial charge in [0.05, 0.1) is 16.9 Å². The normalized spacial score (nSPS) is 10.7. The molecule has 4 rings (SSSR count). The Bertz CT molecular complexity index is 1060. The van der Waals surface area contributed by atoms with Crippen LogP contribution in [0.5, 0.6) is 11.5 Å². The van der Waals surface area contributed by atoms with Crippen molar-refractivity contribution in [2.75, 3.05) is 5.32 Å². The Labute approximate surface area is 152 Å². The van der Waals surface area contributed by atoms with Crippen molar-refractivity contribution >= 4 is 22.4 Å². The first-order valence-electron chi connectivity index (χ1n) is 8.51. The smallest absolute Gasteiger partial charge is 0.150 e. The summed E-state index contributed by atoms with van der Waals surface area (Å²) in [5.74, 6) is 1.56. The summed E-state index contributed by atoms with van der Waals surface area (Å²) in [6.07, 6.45) is 3.64. The van der Waals surface area contributed by atoms with Gasteiger partial charge in [0.1, 0.15) is 11.3 Å². The highest BCUT2D eigenvalue weighted by Gasteiger charge is 2.09. The van der Waals surface area contributed by atoms with Gasteiger partial charge < -0.3 is 10.1 Å². The lowest BCUT2D eigenvalue weighted by Gasteiger charge is -2.15. The molecule has 4 heteroatoms. The maximum absolute atomic E-state index is 6.07. The van der Waals surface area contributed by atoms with Crippen LogP contribution in [0.25, 0.3) is 11.0 Å². The number of aromatic nitrogens is 2. The van der Waals surface area contributed by atoms with Gasteiger partial charge in [0.25, 0.3) is 0 Å². The van der Waals surface area contributed by atoms with Gasteiger partial charge in [-0.05, 0) is 61.4 Å². The van der Waals surface area contributed by atoms with E-state index in [0.717, 1.165) is 45.0 Å². The molecule has 0 saturated heterocycles. The van der Waals surface area contributed by atoms with Gasteiger partial charge in [0.2, 0.25) is 0 Å². The molecule has 0 radical (unpaired) electrons. The number of para-hydroxylation sites is 1. The van der Waals surface area contributed by atoms with Crippen molar-refractivity contribution in [3.05, 3.63) is 84.2 Å². The van der Waals surface area contributed by atoms with Crippen LogP contribution in [0.1, 0.15) is 11.1 Å². The third kappa shape index (κ3) is 3.35. The second-order valence-electron chi connectivity index (χ2n) is 6.28. The van der Waals surface area contributed by atoms with Crippen molar-refractivity contribution in [3.63, 3.8) is 0 Å². The van der Waals surface area contributed by atoms with Crippen LogP contribution >= 0.6 is 0 Å². The number of aryl methyl sites for hydroxylation is 2. The first-order chi connectivity index (χ1) is 12.7. The average Bonchev–Trinajstić information content (AvgIpc) is 2.65. The van der Waals surface area contributed by atoms with Gasteiger partial charge in [-0.2, -0.15) is 0 Å². The van der Waals surface area contributed by atoms with E-state index in [9.17, 15) is 0 Å². The minimum Gasteiger partial charge on any atom is -0.455 e. The molecule has 4 nitrogen and oxygen atoms in total. The Kier molecular flexibility index (Phi) is 4.23. The first kappa shape index (κ1) is 16.1. The Morgan fingerprint density at radius 2 is 1.65 bits per heavy atom. The molecule has 2 aromatic heterocycles. The van der Waals surface area contributed by atoms with E-state index in [1.165, 1.54) is 0 Å². The molecule has 1 N–H and O–H groups in total. The van der Waals surface area contributed by atoms with Crippen LogP contribution in [0.2, 0.25) is 0 Å². The van der Waals surface area contributed by atoms with Crippen molar-refractivity contribution in [2.45, 2.75) is 13.8 Å². The molecule has 0 amide bonds. The summed E-state index contributed by atoms with van der Waals surface area (Å²) in [7, 11) is 0. The fourth-order valence-electron chi connectivity index (χ4n) is 2.82. The lowest BCUT2D eigenvalue weighted by atomic mass is 10.2. The zero-order chi connectivity index (χ0) is 17.9. The molecule has 2 heterocycles.